The number of carbonyl (C=O) groups excluding carboxylic acids is 1. The first-order valence-corrected chi connectivity index (χ1v) is 5.52. The molecular formula is C12H13N3O3. The molecule has 1 atom stereocenters. The summed E-state index contributed by atoms with van der Waals surface area (Å²) in [5, 5.41) is 18.8. The van der Waals surface area contributed by atoms with Crippen molar-refractivity contribution < 1.29 is 14.7 Å². The Morgan fingerprint density at radius 1 is 1.50 bits per heavy atom. The largest absolute Gasteiger partial charge is 0.481 e. The van der Waals surface area contributed by atoms with Crippen LogP contribution in [0, 0.1) is 0 Å². The third-order valence-electron chi connectivity index (χ3n) is 2.56. The Morgan fingerprint density at radius 2 is 2.28 bits per heavy atom. The van der Waals surface area contributed by atoms with Gasteiger partial charge >= 0.3 is 5.97 Å². The van der Waals surface area contributed by atoms with Gasteiger partial charge in [0.25, 0.3) is 5.91 Å². The van der Waals surface area contributed by atoms with Crippen LogP contribution in [0.1, 0.15) is 23.7 Å². The second-order valence-corrected chi connectivity index (χ2v) is 4.14. The fraction of sp³-hybridized carbons (Fsp3) is 0.250. The van der Waals surface area contributed by atoms with Crippen molar-refractivity contribution in [1.82, 2.24) is 15.5 Å². The number of aromatic nitrogens is 2. The molecule has 0 fully saturated rings. The number of aliphatic carboxylic acids is 1. The summed E-state index contributed by atoms with van der Waals surface area (Å²) in [6, 6.07) is 4.74. The van der Waals surface area contributed by atoms with E-state index in [1.165, 1.54) is 0 Å². The van der Waals surface area contributed by atoms with E-state index in [1.54, 1.807) is 31.3 Å². The first-order valence-electron chi connectivity index (χ1n) is 5.52. The number of fused-ring (bicyclic) bond motifs is 1. The van der Waals surface area contributed by atoms with Crippen LogP contribution in [0.15, 0.2) is 24.4 Å². The number of benzene rings is 1. The fourth-order valence-corrected chi connectivity index (χ4v) is 1.70. The maximum atomic E-state index is 11.9. The highest BCUT2D eigenvalue weighted by Crippen LogP contribution is 2.12. The van der Waals surface area contributed by atoms with Crippen LogP contribution in [-0.4, -0.2) is 33.2 Å². The molecule has 3 N–H and O–H groups in total. The summed E-state index contributed by atoms with van der Waals surface area (Å²) in [4.78, 5) is 22.4. The lowest BCUT2D eigenvalue weighted by molar-refractivity contribution is -0.137. The minimum absolute atomic E-state index is 0.0975. The standard InChI is InChI=1S/C12H13N3O3/c1-7(4-11(16)17)14-12(18)8-2-3-10-9(5-8)6-13-15-10/h2-3,5-7H,4H2,1H3,(H,13,15)(H,14,18)(H,16,17). The normalized spacial score (nSPS) is 12.3. The second-order valence-electron chi connectivity index (χ2n) is 4.14. The minimum Gasteiger partial charge on any atom is -0.481 e. The number of nitrogens with one attached hydrogen (secondary N) is 2. The van der Waals surface area contributed by atoms with Crippen LogP contribution >= 0.6 is 0 Å². The van der Waals surface area contributed by atoms with Crippen molar-refractivity contribution in [3.63, 3.8) is 0 Å². The van der Waals surface area contributed by atoms with Crippen molar-refractivity contribution >= 4 is 22.8 Å². The van der Waals surface area contributed by atoms with Gasteiger partial charge in [-0.15, -0.1) is 0 Å². The molecule has 6 heteroatoms. The number of hydrogen-bond donors (Lipinski definition) is 3. The summed E-state index contributed by atoms with van der Waals surface area (Å²) >= 11 is 0. The lowest BCUT2D eigenvalue weighted by Gasteiger charge is -2.11. The van der Waals surface area contributed by atoms with Crippen LogP contribution in [0.2, 0.25) is 0 Å². The molecule has 18 heavy (non-hydrogen) atoms. The van der Waals surface area contributed by atoms with Crippen LogP contribution < -0.4 is 5.32 Å². The number of H-pyrrole nitrogens is 1. The summed E-state index contributed by atoms with van der Waals surface area (Å²) in [6.07, 6.45) is 1.53. The smallest absolute Gasteiger partial charge is 0.305 e. The van der Waals surface area contributed by atoms with Crippen molar-refractivity contribution in [1.29, 1.82) is 0 Å². The van der Waals surface area contributed by atoms with Gasteiger partial charge in [-0.05, 0) is 25.1 Å². The number of nitrogens with zero attached hydrogens (tertiary/aromatic N) is 1. The van der Waals surface area contributed by atoms with Gasteiger partial charge in [0.15, 0.2) is 0 Å². The fourth-order valence-electron chi connectivity index (χ4n) is 1.70. The predicted octanol–water partition coefficient (Wildman–Crippen LogP) is 1.16. The van der Waals surface area contributed by atoms with E-state index in [9.17, 15) is 9.59 Å². The zero-order valence-electron chi connectivity index (χ0n) is 9.80. The van der Waals surface area contributed by atoms with Crippen molar-refractivity contribution in [3.8, 4) is 0 Å². The van der Waals surface area contributed by atoms with Gasteiger partial charge in [-0.1, -0.05) is 0 Å². The predicted molar refractivity (Wildman–Crippen MR) is 65.3 cm³/mol. The maximum Gasteiger partial charge on any atom is 0.305 e. The van der Waals surface area contributed by atoms with Gasteiger partial charge in [-0.25, -0.2) is 0 Å². The Balaban J connectivity index is 2.10. The zero-order chi connectivity index (χ0) is 13.1. The Bertz CT molecular complexity index is 591. The highest BCUT2D eigenvalue weighted by molar-refractivity contribution is 5.98. The molecule has 94 valence electrons. The average molecular weight is 247 g/mol. The number of hydrogen-bond acceptors (Lipinski definition) is 3. The lowest BCUT2D eigenvalue weighted by Crippen LogP contribution is -2.34. The van der Waals surface area contributed by atoms with E-state index >= 15 is 0 Å². The Labute approximate surface area is 103 Å². The van der Waals surface area contributed by atoms with Crippen molar-refractivity contribution in [2.75, 3.05) is 0 Å². The van der Waals surface area contributed by atoms with Crippen molar-refractivity contribution in [2.24, 2.45) is 0 Å². The van der Waals surface area contributed by atoms with Crippen LogP contribution in [-0.2, 0) is 4.79 Å². The molecule has 2 rings (SSSR count). The Morgan fingerprint density at radius 3 is 3.00 bits per heavy atom. The number of aromatic amines is 1. The molecule has 2 aromatic rings. The Kier molecular flexibility index (Phi) is 3.27. The average Bonchev–Trinajstić information content (AvgIpc) is 2.74. The highest BCUT2D eigenvalue weighted by Gasteiger charge is 2.13. The molecule has 1 heterocycles. The quantitative estimate of drug-likeness (QED) is 0.755. The molecule has 1 aromatic carbocycles. The van der Waals surface area contributed by atoms with E-state index in [4.69, 9.17) is 5.11 Å². The van der Waals surface area contributed by atoms with Crippen molar-refractivity contribution in [2.45, 2.75) is 19.4 Å². The second kappa shape index (κ2) is 4.87. The number of carboxylic acids is 1. The van der Waals surface area contributed by atoms with E-state index in [0.717, 1.165) is 10.9 Å². The summed E-state index contributed by atoms with van der Waals surface area (Å²) < 4.78 is 0. The molecule has 0 bridgehead atoms. The Hall–Kier alpha value is -2.37. The SMILES string of the molecule is CC(CC(=O)O)NC(=O)c1ccc2[nH]ncc2c1. The molecule has 1 aromatic heterocycles. The summed E-state index contributed by atoms with van der Waals surface area (Å²) in [5.41, 5.74) is 1.34. The third kappa shape index (κ3) is 2.65. The molecular weight excluding hydrogens is 234 g/mol. The van der Waals surface area contributed by atoms with E-state index in [0.29, 0.717) is 5.56 Å². The molecule has 0 aliphatic rings. The van der Waals surface area contributed by atoms with Crippen LogP contribution in [0.25, 0.3) is 10.9 Å². The van der Waals surface area contributed by atoms with Gasteiger partial charge in [-0.3, -0.25) is 14.7 Å². The van der Waals surface area contributed by atoms with Gasteiger partial charge in [0.1, 0.15) is 0 Å². The minimum atomic E-state index is -0.937. The van der Waals surface area contributed by atoms with Crippen LogP contribution in [0.4, 0.5) is 0 Å². The molecule has 1 amide bonds. The summed E-state index contributed by atoms with van der Waals surface area (Å²) in [5.74, 6) is -1.22. The number of carboxylic acid groups (broad SMARTS) is 1. The van der Waals surface area contributed by atoms with E-state index in [-0.39, 0.29) is 12.3 Å². The van der Waals surface area contributed by atoms with E-state index in [2.05, 4.69) is 15.5 Å². The van der Waals surface area contributed by atoms with Gasteiger partial charge < -0.3 is 10.4 Å². The summed E-state index contributed by atoms with van der Waals surface area (Å²) in [7, 11) is 0. The number of amides is 1. The molecule has 0 radical (unpaired) electrons. The van der Waals surface area contributed by atoms with Gasteiger partial charge in [0.05, 0.1) is 18.1 Å². The molecule has 0 aliphatic carbocycles. The molecule has 0 aliphatic heterocycles. The van der Waals surface area contributed by atoms with Gasteiger partial charge in [0, 0.05) is 17.0 Å². The summed E-state index contributed by atoms with van der Waals surface area (Å²) in [6.45, 7) is 1.66. The van der Waals surface area contributed by atoms with E-state index < -0.39 is 12.0 Å². The highest BCUT2D eigenvalue weighted by atomic mass is 16.4. The zero-order valence-corrected chi connectivity index (χ0v) is 9.80. The van der Waals surface area contributed by atoms with E-state index in [1.807, 2.05) is 0 Å². The number of rotatable bonds is 4. The van der Waals surface area contributed by atoms with Gasteiger partial charge in [-0.2, -0.15) is 5.10 Å². The van der Waals surface area contributed by atoms with Crippen LogP contribution in [0.5, 0.6) is 0 Å². The maximum absolute atomic E-state index is 11.9. The van der Waals surface area contributed by atoms with Crippen LogP contribution in [0.3, 0.4) is 0 Å². The lowest BCUT2D eigenvalue weighted by atomic mass is 10.1. The van der Waals surface area contributed by atoms with Crippen molar-refractivity contribution in [3.05, 3.63) is 30.0 Å². The first-order chi connectivity index (χ1) is 8.56. The first kappa shape index (κ1) is 12.1. The molecule has 0 saturated heterocycles. The monoisotopic (exact) mass is 247 g/mol. The molecule has 0 spiro atoms. The molecule has 6 nitrogen and oxygen atoms in total. The number of carbonyl (C=O) groups is 2. The third-order valence-corrected chi connectivity index (χ3v) is 2.56. The molecule has 1 unspecified atom stereocenters. The van der Waals surface area contributed by atoms with Gasteiger partial charge in [0.2, 0.25) is 0 Å². The topological polar surface area (TPSA) is 95.1 Å². The molecule has 0 saturated carbocycles.